The predicted molar refractivity (Wildman–Crippen MR) is 62.7 cm³/mol. The number of carbonyl (C=O) groups is 2. The molecular weight excluding hydrogens is 220 g/mol. The monoisotopic (exact) mass is 240 g/mol. The van der Waals surface area contributed by atoms with Crippen molar-refractivity contribution in [2.75, 3.05) is 20.1 Å². The van der Waals surface area contributed by atoms with E-state index >= 15 is 0 Å². The van der Waals surface area contributed by atoms with Crippen molar-refractivity contribution in [3.05, 3.63) is 0 Å². The Morgan fingerprint density at radius 3 is 2.65 bits per heavy atom. The SMILES string of the molecule is CN(CC1CC1)C(=O)N1CCCC1(C)C(=O)O. The zero-order chi connectivity index (χ0) is 12.6. The summed E-state index contributed by atoms with van der Waals surface area (Å²) in [4.78, 5) is 26.7. The lowest BCUT2D eigenvalue weighted by molar-refractivity contribution is -0.147. The topological polar surface area (TPSA) is 60.9 Å². The molecule has 1 aliphatic carbocycles. The number of hydrogen-bond acceptors (Lipinski definition) is 2. The van der Waals surface area contributed by atoms with Gasteiger partial charge in [0.2, 0.25) is 0 Å². The van der Waals surface area contributed by atoms with Gasteiger partial charge in [-0.05, 0) is 38.5 Å². The van der Waals surface area contributed by atoms with Gasteiger partial charge in [-0.15, -0.1) is 0 Å². The molecule has 5 heteroatoms. The maximum Gasteiger partial charge on any atom is 0.329 e. The van der Waals surface area contributed by atoms with Crippen LogP contribution in [0.2, 0.25) is 0 Å². The zero-order valence-electron chi connectivity index (χ0n) is 10.5. The smallest absolute Gasteiger partial charge is 0.329 e. The lowest BCUT2D eigenvalue weighted by Gasteiger charge is -2.34. The summed E-state index contributed by atoms with van der Waals surface area (Å²) in [5.41, 5.74) is -1.02. The number of rotatable bonds is 3. The lowest BCUT2D eigenvalue weighted by Crippen LogP contribution is -2.54. The predicted octanol–water partition coefficient (Wildman–Crippen LogP) is 1.39. The number of nitrogens with zero attached hydrogens (tertiary/aromatic N) is 2. The highest BCUT2D eigenvalue weighted by atomic mass is 16.4. The van der Waals surface area contributed by atoms with Crippen molar-refractivity contribution in [2.45, 2.75) is 38.1 Å². The fourth-order valence-corrected chi connectivity index (χ4v) is 2.46. The number of hydrogen-bond donors (Lipinski definition) is 1. The number of carbonyl (C=O) groups excluding carboxylic acids is 1. The van der Waals surface area contributed by atoms with Crippen molar-refractivity contribution < 1.29 is 14.7 Å². The second-order valence-corrected chi connectivity index (χ2v) is 5.44. The Kier molecular flexibility index (Phi) is 3.02. The third-order valence-electron chi connectivity index (χ3n) is 3.89. The van der Waals surface area contributed by atoms with Crippen LogP contribution in [0.25, 0.3) is 0 Å². The fourth-order valence-electron chi connectivity index (χ4n) is 2.46. The molecule has 2 amide bonds. The second-order valence-electron chi connectivity index (χ2n) is 5.44. The number of carboxylic acid groups (broad SMARTS) is 1. The Morgan fingerprint density at radius 1 is 1.47 bits per heavy atom. The Hall–Kier alpha value is -1.26. The number of amides is 2. The fraction of sp³-hybridized carbons (Fsp3) is 0.833. The van der Waals surface area contributed by atoms with Crippen LogP contribution in [0.15, 0.2) is 0 Å². The Labute approximate surface area is 101 Å². The summed E-state index contributed by atoms with van der Waals surface area (Å²) in [6, 6.07) is -0.140. The van der Waals surface area contributed by atoms with Gasteiger partial charge in [0, 0.05) is 20.1 Å². The van der Waals surface area contributed by atoms with Crippen LogP contribution >= 0.6 is 0 Å². The van der Waals surface area contributed by atoms with E-state index in [4.69, 9.17) is 0 Å². The van der Waals surface area contributed by atoms with Crippen LogP contribution in [-0.2, 0) is 4.79 Å². The molecule has 1 aliphatic heterocycles. The van der Waals surface area contributed by atoms with E-state index in [1.807, 2.05) is 0 Å². The van der Waals surface area contributed by atoms with E-state index in [1.165, 1.54) is 17.7 Å². The molecule has 1 N–H and O–H groups in total. The van der Waals surface area contributed by atoms with Gasteiger partial charge >= 0.3 is 12.0 Å². The van der Waals surface area contributed by atoms with E-state index < -0.39 is 11.5 Å². The van der Waals surface area contributed by atoms with Crippen molar-refractivity contribution >= 4 is 12.0 Å². The van der Waals surface area contributed by atoms with Gasteiger partial charge in [-0.2, -0.15) is 0 Å². The molecule has 2 fully saturated rings. The first-order valence-corrected chi connectivity index (χ1v) is 6.21. The molecule has 0 bridgehead atoms. The van der Waals surface area contributed by atoms with Crippen LogP contribution < -0.4 is 0 Å². The van der Waals surface area contributed by atoms with Crippen molar-refractivity contribution in [1.82, 2.24) is 9.80 Å². The number of urea groups is 1. The van der Waals surface area contributed by atoms with Crippen molar-refractivity contribution in [3.63, 3.8) is 0 Å². The van der Waals surface area contributed by atoms with Gasteiger partial charge in [0.1, 0.15) is 5.54 Å². The average Bonchev–Trinajstić information content (AvgIpc) is 2.98. The van der Waals surface area contributed by atoms with E-state index in [0.717, 1.165) is 13.0 Å². The molecule has 0 spiro atoms. The summed E-state index contributed by atoms with van der Waals surface area (Å²) < 4.78 is 0. The van der Waals surface area contributed by atoms with Crippen LogP contribution in [0.4, 0.5) is 4.79 Å². The van der Waals surface area contributed by atoms with Crippen LogP contribution in [-0.4, -0.2) is 52.6 Å². The summed E-state index contributed by atoms with van der Waals surface area (Å²) in [7, 11) is 1.77. The Balaban J connectivity index is 2.04. The zero-order valence-corrected chi connectivity index (χ0v) is 10.5. The van der Waals surface area contributed by atoms with Gasteiger partial charge in [-0.3, -0.25) is 0 Å². The lowest BCUT2D eigenvalue weighted by atomic mass is 10.00. The third kappa shape index (κ3) is 2.23. The van der Waals surface area contributed by atoms with Crippen molar-refractivity contribution in [1.29, 1.82) is 0 Å². The quantitative estimate of drug-likeness (QED) is 0.810. The molecule has 1 saturated carbocycles. The Bertz CT molecular complexity index is 341. The summed E-state index contributed by atoms with van der Waals surface area (Å²) >= 11 is 0. The maximum atomic E-state index is 12.2. The van der Waals surface area contributed by atoms with Gasteiger partial charge in [0.15, 0.2) is 0 Å². The van der Waals surface area contributed by atoms with Crippen LogP contribution in [0, 0.1) is 5.92 Å². The first-order valence-electron chi connectivity index (χ1n) is 6.21. The molecule has 96 valence electrons. The molecule has 0 radical (unpaired) electrons. The summed E-state index contributed by atoms with van der Waals surface area (Å²) in [5.74, 6) is -0.272. The van der Waals surface area contributed by atoms with E-state index in [2.05, 4.69) is 0 Å². The first-order chi connectivity index (χ1) is 7.95. The normalized spacial score (nSPS) is 28.2. The van der Waals surface area contributed by atoms with Crippen molar-refractivity contribution in [2.24, 2.45) is 5.92 Å². The molecule has 2 rings (SSSR count). The van der Waals surface area contributed by atoms with Gasteiger partial charge in [-0.1, -0.05) is 0 Å². The standard InChI is InChI=1S/C12H20N2O3/c1-12(10(15)16)6-3-7-14(12)11(17)13(2)8-9-4-5-9/h9H,3-8H2,1-2H3,(H,15,16). The molecule has 2 aliphatic rings. The highest BCUT2D eigenvalue weighted by molar-refractivity contribution is 5.86. The van der Waals surface area contributed by atoms with E-state index in [1.54, 1.807) is 18.9 Å². The van der Waals surface area contributed by atoms with Gasteiger partial charge in [-0.25, -0.2) is 9.59 Å². The van der Waals surface area contributed by atoms with Crippen LogP contribution in [0.5, 0.6) is 0 Å². The Morgan fingerprint density at radius 2 is 2.12 bits per heavy atom. The summed E-state index contributed by atoms with van der Waals surface area (Å²) in [6.45, 7) is 2.95. The summed E-state index contributed by atoms with van der Waals surface area (Å²) in [5, 5.41) is 9.26. The third-order valence-corrected chi connectivity index (χ3v) is 3.89. The molecule has 0 aromatic rings. The van der Waals surface area contributed by atoms with Crippen LogP contribution in [0.3, 0.4) is 0 Å². The van der Waals surface area contributed by atoms with Gasteiger partial charge in [0.25, 0.3) is 0 Å². The largest absolute Gasteiger partial charge is 0.480 e. The van der Waals surface area contributed by atoms with E-state index in [0.29, 0.717) is 18.9 Å². The number of aliphatic carboxylic acids is 1. The minimum absolute atomic E-state index is 0.140. The first kappa shape index (κ1) is 12.2. The molecule has 1 atom stereocenters. The molecule has 1 saturated heterocycles. The molecule has 1 heterocycles. The van der Waals surface area contributed by atoms with Crippen LogP contribution in [0.1, 0.15) is 32.6 Å². The molecule has 1 unspecified atom stereocenters. The number of likely N-dealkylation sites (tertiary alicyclic amines) is 1. The van der Waals surface area contributed by atoms with E-state index in [-0.39, 0.29) is 6.03 Å². The highest BCUT2D eigenvalue weighted by Crippen LogP contribution is 2.32. The van der Waals surface area contributed by atoms with Gasteiger partial charge in [0.05, 0.1) is 0 Å². The minimum Gasteiger partial charge on any atom is -0.480 e. The molecule has 0 aromatic carbocycles. The van der Waals surface area contributed by atoms with Gasteiger partial charge < -0.3 is 14.9 Å². The molecular formula is C12H20N2O3. The molecule has 17 heavy (non-hydrogen) atoms. The number of carboxylic acids is 1. The molecule has 5 nitrogen and oxygen atoms in total. The summed E-state index contributed by atoms with van der Waals surface area (Å²) in [6.07, 6.45) is 3.69. The second kappa shape index (κ2) is 4.20. The molecule has 0 aromatic heterocycles. The highest BCUT2D eigenvalue weighted by Gasteiger charge is 2.47. The average molecular weight is 240 g/mol. The van der Waals surface area contributed by atoms with E-state index in [9.17, 15) is 14.7 Å². The minimum atomic E-state index is -1.02. The van der Waals surface area contributed by atoms with Crippen molar-refractivity contribution in [3.8, 4) is 0 Å². The maximum absolute atomic E-state index is 12.2.